The van der Waals surface area contributed by atoms with Crippen LogP contribution in [0, 0.1) is 11.8 Å². The van der Waals surface area contributed by atoms with E-state index >= 15 is 0 Å². The predicted molar refractivity (Wildman–Crippen MR) is 103 cm³/mol. The van der Waals surface area contributed by atoms with Crippen LogP contribution in [-0.4, -0.2) is 46.5 Å². The molecule has 0 spiro atoms. The SMILES string of the molecule is C[C@@H](O)[C@H]1C(=O)N2C(C(=O)[O-])=C(CN3C(=O)c4cccc5cccc3c45)[C@H](C)[C@H]12.[Na+]. The summed E-state index contributed by atoms with van der Waals surface area (Å²) in [4.78, 5) is 40.3. The van der Waals surface area contributed by atoms with Gasteiger partial charge in [-0.05, 0) is 30.0 Å². The summed E-state index contributed by atoms with van der Waals surface area (Å²) in [7, 11) is 0. The Labute approximate surface area is 195 Å². The summed E-state index contributed by atoms with van der Waals surface area (Å²) in [6.07, 6.45) is -0.875. The van der Waals surface area contributed by atoms with Crippen molar-refractivity contribution >= 4 is 34.2 Å². The molecule has 2 aromatic rings. The fourth-order valence-electron chi connectivity index (χ4n) is 5.15. The summed E-state index contributed by atoms with van der Waals surface area (Å²) in [5.41, 5.74) is 1.62. The van der Waals surface area contributed by atoms with Gasteiger partial charge in [0.15, 0.2) is 0 Å². The second-order valence-electron chi connectivity index (χ2n) is 7.99. The Morgan fingerprint density at radius 2 is 1.87 bits per heavy atom. The normalized spacial score (nSPS) is 25.4. The van der Waals surface area contributed by atoms with E-state index in [1.165, 1.54) is 11.8 Å². The smallest absolute Gasteiger partial charge is 0.543 e. The Kier molecular flexibility index (Phi) is 5.05. The molecule has 1 fully saturated rings. The minimum atomic E-state index is -1.44. The fourth-order valence-corrected chi connectivity index (χ4v) is 5.15. The van der Waals surface area contributed by atoms with Crippen molar-refractivity contribution < 1.29 is 54.2 Å². The number of aliphatic hydroxyl groups is 1. The molecule has 1 N–H and O–H groups in total. The summed E-state index contributed by atoms with van der Waals surface area (Å²) in [5.74, 6) is -3.00. The third kappa shape index (κ3) is 2.62. The van der Waals surface area contributed by atoms with Gasteiger partial charge in [-0.15, -0.1) is 0 Å². The van der Waals surface area contributed by atoms with Crippen molar-refractivity contribution in [3.05, 3.63) is 53.2 Å². The van der Waals surface area contributed by atoms with E-state index in [4.69, 9.17) is 0 Å². The minimum absolute atomic E-state index is 0. The first-order chi connectivity index (χ1) is 13.8. The first-order valence-electron chi connectivity index (χ1n) is 9.62. The van der Waals surface area contributed by atoms with Crippen LogP contribution in [0.3, 0.4) is 0 Å². The number of hydrogen-bond donors (Lipinski definition) is 1. The van der Waals surface area contributed by atoms with E-state index in [2.05, 4.69) is 0 Å². The number of anilines is 1. The first kappa shape index (κ1) is 21.1. The van der Waals surface area contributed by atoms with Crippen LogP contribution in [0.25, 0.3) is 10.8 Å². The van der Waals surface area contributed by atoms with Crippen molar-refractivity contribution in [3.63, 3.8) is 0 Å². The Hall–Kier alpha value is -2.19. The maximum atomic E-state index is 13.1. The van der Waals surface area contributed by atoms with Gasteiger partial charge in [-0.3, -0.25) is 9.59 Å². The average molecular weight is 414 g/mol. The van der Waals surface area contributed by atoms with Crippen LogP contribution in [0.2, 0.25) is 0 Å². The molecule has 2 amide bonds. The number of amides is 2. The average Bonchev–Trinajstić information content (AvgIpc) is 3.08. The zero-order valence-electron chi connectivity index (χ0n) is 17.0. The van der Waals surface area contributed by atoms with Crippen molar-refractivity contribution in [2.75, 3.05) is 11.4 Å². The van der Waals surface area contributed by atoms with E-state index < -0.39 is 29.9 Å². The van der Waals surface area contributed by atoms with Gasteiger partial charge in [0.2, 0.25) is 5.91 Å². The Bertz CT molecular complexity index is 1140. The molecule has 5 rings (SSSR count). The second kappa shape index (κ2) is 7.20. The number of carbonyl (C=O) groups is 3. The zero-order valence-corrected chi connectivity index (χ0v) is 19.0. The third-order valence-electron chi connectivity index (χ3n) is 6.49. The monoisotopic (exact) mass is 414 g/mol. The summed E-state index contributed by atoms with van der Waals surface area (Å²) >= 11 is 0. The van der Waals surface area contributed by atoms with Gasteiger partial charge in [-0.25, -0.2) is 0 Å². The number of carbonyl (C=O) groups excluding carboxylic acids is 3. The zero-order chi connectivity index (χ0) is 20.6. The first-order valence-corrected chi connectivity index (χ1v) is 9.62. The van der Waals surface area contributed by atoms with Gasteiger partial charge in [0.05, 0.1) is 35.4 Å². The Morgan fingerprint density at radius 1 is 1.20 bits per heavy atom. The van der Waals surface area contributed by atoms with Crippen LogP contribution in [0.4, 0.5) is 5.69 Å². The molecule has 0 aromatic heterocycles. The number of rotatable bonds is 4. The molecule has 3 aliphatic rings. The van der Waals surface area contributed by atoms with Crippen LogP contribution in [0.5, 0.6) is 0 Å². The van der Waals surface area contributed by atoms with Crippen molar-refractivity contribution in [1.82, 2.24) is 4.90 Å². The molecule has 0 radical (unpaired) electrons. The molecular formula is C22H19N2NaO5. The molecule has 0 unspecified atom stereocenters. The van der Waals surface area contributed by atoms with Crippen LogP contribution < -0.4 is 39.6 Å². The molecule has 7 nitrogen and oxygen atoms in total. The van der Waals surface area contributed by atoms with Gasteiger partial charge >= 0.3 is 29.6 Å². The summed E-state index contributed by atoms with van der Waals surface area (Å²) in [6.45, 7) is 3.42. The van der Waals surface area contributed by atoms with E-state index in [0.717, 1.165) is 16.5 Å². The van der Waals surface area contributed by atoms with Crippen molar-refractivity contribution in [2.45, 2.75) is 26.0 Å². The number of β-lactam (4-membered cyclic amide) rings is 1. The number of aliphatic hydroxyl groups excluding tert-OH is 1. The van der Waals surface area contributed by atoms with E-state index in [1.807, 2.05) is 37.3 Å². The summed E-state index contributed by atoms with van der Waals surface area (Å²) in [5, 5.41) is 23.7. The van der Waals surface area contributed by atoms with Crippen LogP contribution in [-0.2, 0) is 9.59 Å². The molecule has 3 heterocycles. The standard InChI is InChI=1S/C22H20N2O5.Na/c1-10-14(19(22(28)29)24-18(10)16(11(2)25)21(24)27)9-23-15-8-4-6-12-5-3-7-13(17(12)15)20(23)26;/h3-8,10-11,16,18,25H,9H2,1-2H3,(H,28,29);/q;+1/p-1/t10-,11+,16+,18+;/m0./s1. The number of nitrogens with zero attached hydrogens (tertiary/aromatic N) is 2. The topological polar surface area (TPSA) is 101 Å². The van der Waals surface area contributed by atoms with E-state index in [0.29, 0.717) is 11.1 Å². The summed E-state index contributed by atoms with van der Waals surface area (Å²) < 4.78 is 0. The van der Waals surface area contributed by atoms with E-state index in [9.17, 15) is 24.6 Å². The van der Waals surface area contributed by atoms with Gasteiger partial charge in [-0.2, -0.15) is 0 Å². The largest absolute Gasteiger partial charge is 1.00 e. The minimum Gasteiger partial charge on any atom is -0.543 e. The van der Waals surface area contributed by atoms with Gasteiger partial charge in [0, 0.05) is 23.4 Å². The molecule has 30 heavy (non-hydrogen) atoms. The number of carboxylic acids is 1. The molecule has 0 aliphatic carbocycles. The van der Waals surface area contributed by atoms with Crippen molar-refractivity contribution in [3.8, 4) is 0 Å². The van der Waals surface area contributed by atoms with Crippen LogP contribution in [0.15, 0.2) is 47.7 Å². The molecule has 8 heteroatoms. The molecule has 2 aromatic carbocycles. The van der Waals surface area contributed by atoms with Crippen molar-refractivity contribution in [2.24, 2.45) is 11.8 Å². The van der Waals surface area contributed by atoms with Gasteiger partial charge in [0.1, 0.15) is 0 Å². The fraction of sp³-hybridized carbons (Fsp3) is 0.318. The van der Waals surface area contributed by atoms with Crippen molar-refractivity contribution in [1.29, 1.82) is 0 Å². The molecular weight excluding hydrogens is 395 g/mol. The number of hydrogen-bond acceptors (Lipinski definition) is 5. The number of aliphatic carboxylic acids is 1. The summed E-state index contributed by atoms with van der Waals surface area (Å²) in [6, 6.07) is 10.7. The predicted octanol–water partition coefficient (Wildman–Crippen LogP) is -2.33. The molecule has 0 bridgehead atoms. The Morgan fingerprint density at radius 3 is 2.50 bits per heavy atom. The van der Waals surface area contributed by atoms with Gasteiger partial charge in [0.25, 0.3) is 5.91 Å². The number of benzene rings is 2. The van der Waals surface area contributed by atoms with Gasteiger partial charge < -0.3 is 24.8 Å². The van der Waals surface area contributed by atoms with E-state index in [-0.39, 0.29) is 53.6 Å². The molecule has 148 valence electrons. The van der Waals surface area contributed by atoms with Gasteiger partial charge in [-0.1, -0.05) is 31.2 Å². The number of carboxylic acid groups (broad SMARTS) is 1. The molecule has 0 saturated carbocycles. The second-order valence-corrected chi connectivity index (χ2v) is 7.99. The Balaban J connectivity index is 0.00000218. The quantitative estimate of drug-likeness (QED) is 0.447. The molecule has 3 aliphatic heterocycles. The van der Waals surface area contributed by atoms with E-state index in [1.54, 1.807) is 11.0 Å². The maximum absolute atomic E-state index is 13.1. The van der Waals surface area contributed by atoms with Crippen LogP contribution >= 0.6 is 0 Å². The third-order valence-corrected chi connectivity index (χ3v) is 6.49. The number of fused-ring (bicyclic) bond motifs is 1. The molecule has 1 saturated heterocycles. The molecule has 4 atom stereocenters. The maximum Gasteiger partial charge on any atom is 1.00 e. The van der Waals surface area contributed by atoms with Crippen LogP contribution in [0.1, 0.15) is 24.2 Å².